The van der Waals surface area contributed by atoms with Gasteiger partial charge in [0.05, 0.1) is 0 Å². The quantitative estimate of drug-likeness (QED) is 0.297. The molecule has 0 heterocycles. The van der Waals surface area contributed by atoms with Crippen LogP contribution in [0.5, 0.6) is 0 Å². The number of azide groups is 1. The van der Waals surface area contributed by atoms with Gasteiger partial charge in [-0.2, -0.15) is 0 Å². The van der Waals surface area contributed by atoms with Gasteiger partial charge in [0.15, 0.2) is 0 Å². The van der Waals surface area contributed by atoms with Gasteiger partial charge in [-0.25, -0.2) is 0 Å². The Bertz CT molecular complexity index is 115. The summed E-state index contributed by atoms with van der Waals surface area (Å²) in [4.78, 5) is 4.58. The van der Waals surface area contributed by atoms with E-state index in [9.17, 15) is 0 Å². The van der Waals surface area contributed by atoms with Crippen LogP contribution in [0.1, 0.15) is 0 Å². The van der Waals surface area contributed by atoms with Crippen molar-refractivity contribution in [3.8, 4) is 0 Å². The molecule has 69 valence electrons. The van der Waals surface area contributed by atoms with Crippen LogP contribution in [-0.4, -0.2) is 14.1 Å². The summed E-state index contributed by atoms with van der Waals surface area (Å²) in [5, 5.41) is 0. The molecule has 4 N–H and O–H groups in total. The first-order valence-corrected chi connectivity index (χ1v) is 3.07. The molecular formula is C2H10CuN8. The van der Waals surface area contributed by atoms with Crippen molar-refractivity contribution < 1.29 is 15.4 Å². The van der Waals surface area contributed by atoms with Crippen LogP contribution in [0, 0.1) is 0 Å². The zero-order valence-corrected chi connectivity index (χ0v) is 7.08. The van der Waals surface area contributed by atoms with Crippen molar-refractivity contribution in [2.45, 2.75) is 0 Å². The topological polar surface area (TPSA) is 150 Å². The first-order valence-electron chi connectivity index (χ1n) is 2.22. The van der Waals surface area contributed by atoms with Crippen LogP contribution in [0.3, 0.4) is 0 Å². The van der Waals surface area contributed by atoms with Gasteiger partial charge in [-0.3, -0.25) is 0 Å². The summed E-state index contributed by atoms with van der Waals surface area (Å²) >= 11 is 0.547. The van der Waals surface area contributed by atoms with Gasteiger partial charge in [-0.1, -0.05) is 0 Å². The fourth-order valence-corrected chi connectivity index (χ4v) is 0.149. The third kappa shape index (κ3) is 48.2. The molecule has 0 aromatic carbocycles. The van der Waals surface area contributed by atoms with Gasteiger partial charge in [-0.15, -0.1) is 0 Å². The van der Waals surface area contributed by atoms with Crippen molar-refractivity contribution >= 4 is 0 Å². The summed E-state index contributed by atoms with van der Waals surface area (Å²) in [6, 6.07) is 0. The predicted octanol–water partition coefficient (Wildman–Crippen LogP) is 0.669. The Labute approximate surface area is 70.8 Å². The summed E-state index contributed by atoms with van der Waals surface area (Å²) in [7, 11) is 3.00. The van der Waals surface area contributed by atoms with Crippen LogP contribution < -0.4 is 11.5 Å². The second-order valence-corrected chi connectivity index (χ2v) is 0.925. The zero-order valence-electron chi connectivity index (χ0n) is 6.14. The molecule has 0 spiro atoms. The van der Waals surface area contributed by atoms with Crippen molar-refractivity contribution in [2.75, 3.05) is 14.1 Å². The summed E-state index contributed by atoms with van der Waals surface area (Å²) in [5.74, 6) is 0. The van der Waals surface area contributed by atoms with Gasteiger partial charge in [0.25, 0.3) is 0 Å². The molecule has 0 fully saturated rings. The monoisotopic (exact) mass is 209 g/mol. The Kier molecular flexibility index (Phi) is 53.8. The second-order valence-electron chi connectivity index (χ2n) is 0.360. The van der Waals surface area contributed by atoms with Crippen LogP contribution in [-0.2, 0) is 15.4 Å². The van der Waals surface area contributed by atoms with E-state index in [1.54, 1.807) is 0 Å². The Balaban J connectivity index is -0.000000138. The Morgan fingerprint density at radius 2 is 1.27 bits per heavy atom. The summed E-state index contributed by atoms with van der Waals surface area (Å²) in [6.07, 6.45) is 0. The van der Waals surface area contributed by atoms with E-state index < -0.39 is 0 Å². The van der Waals surface area contributed by atoms with Gasteiger partial charge < -0.3 is 11.5 Å². The van der Waals surface area contributed by atoms with Crippen LogP contribution in [0.4, 0.5) is 0 Å². The molecule has 0 saturated carbocycles. The van der Waals surface area contributed by atoms with Crippen molar-refractivity contribution in [1.29, 1.82) is 0 Å². The Hall–Kier alpha value is -0.941. The SMILES string of the molecule is CN.CN.[N-]=[N+]=[N][Cu][N]=[N+]=[N-]. The molecule has 0 rings (SSSR count). The predicted molar refractivity (Wildman–Crippen MR) is 38.5 cm³/mol. The summed E-state index contributed by atoms with van der Waals surface area (Å²) in [5.41, 5.74) is 24.1. The normalized spacial score (nSPS) is 5.09. The minimum atomic E-state index is 0.547. The van der Waals surface area contributed by atoms with Gasteiger partial charge in [0.2, 0.25) is 0 Å². The maximum absolute atomic E-state index is 7.54. The van der Waals surface area contributed by atoms with E-state index in [0.29, 0.717) is 15.4 Å². The summed E-state index contributed by atoms with van der Waals surface area (Å²) < 4.78 is 5.66. The third-order valence-corrected chi connectivity index (χ3v) is 0.445. The van der Waals surface area contributed by atoms with E-state index >= 15 is 0 Å². The molecule has 11 heavy (non-hydrogen) atoms. The van der Waals surface area contributed by atoms with Crippen molar-refractivity contribution in [2.24, 2.45) is 19.7 Å². The van der Waals surface area contributed by atoms with Gasteiger partial charge in [0, 0.05) is 0 Å². The molecule has 8 nitrogen and oxygen atoms in total. The Morgan fingerprint density at radius 3 is 1.45 bits per heavy atom. The fourth-order valence-electron chi connectivity index (χ4n) is 0.0362. The van der Waals surface area contributed by atoms with E-state index in [2.05, 4.69) is 29.6 Å². The second kappa shape index (κ2) is 35.7. The van der Waals surface area contributed by atoms with E-state index in [-0.39, 0.29) is 0 Å². The van der Waals surface area contributed by atoms with Crippen molar-refractivity contribution in [1.82, 2.24) is 0 Å². The first kappa shape index (κ1) is 16.6. The average molecular weight is 210 g/mol. The molecular weight excluding hydrogens is 200 g/mol. The molecule has 0 unspecified atom stereocenters. The molecule has 0 bridgehead atoms. The summed E-state index contributed by atoms with van der Waals surface area (Å²) in [6.45, 7) is 0. The molecule has 0 amide bonds. The van der Waals surface area contributed by atoms with Crippen LogP contribution in [0.2, 0.25) is 0 Å². The van der Waals surface area contributed by atoms with Gasteiger partial charge >= 0.3 is 44.5 Å². The number of hydrogen-bond donors (Lipinski definition) is 2. The van der Waals surface area contributed by atoms with Crippen LogP contribution in [0.25, 0.3) is 20.9 Å². The molecule has 0 atom stereocenters. The van der Waals surface area contributed by atoms with Gasteiger partial charge in [-0.05, 0) is 14.1 Å². The number of rotatable bonds is 2. The third-order valence-electron chi connectivity index (χ3n) is 0.108. The van der Waals surface area contributed by atoms with E-state index in [4.69, 9.17) is 11.1 Å². The first-order chi connectivity index (χ1) is 5.41. The molecule has 0 aromatic rings. The number of nitrogens with zero attached hydrogens (tertiary/aromatic N) is 6. The molecule has 0 saturated heterocycles. The fraction of sp³-hybridized carbons (Fsp3) is 1.00. The van der Waals surface area contributed by atoms with E-state index in [1.807, 2.05) is 0 Å². The number of nitrogens with two attached hydrogens (primary N) is 2. The van der Waals surface area contributed by atoms with Gasteiger partial charge in [0.1, 0.15) is 0 Å². The van der Waals surface area contributed by atoms with E-state index in [0.717, 1.165) is 0 Å². The Morgan fingerprint density at radius 1 is 1.00 bits per heavy atom. The molecule has 0 aliphatic rings. The average Bonchev–Trinajstić information content (AvgIpc) is 2.13. The minimum absolute atomic E-state index is 0.547. The molecule has 0 radical (unpaired) electrons. The van der Waals surface area contributed by atoms with Crippen molar-refractivity contribution in [3.05, 3.63) is 20.9 Å². The van der Waals surface area contributed by atoms with Crippen LogP contribution in [0.15, 0.2) is 8.26 Å². The molecule has 0 aliphatic heterocycles. The van der Waals surface area contributed by atoms with Crippen molar-refractivity contribution in [3.63, 3.8) is 0 Å². The molecule has 0 aliphatic carbocycles. The number of hydrogen-bond acceptors (Lipinski definition) is 4. The molecule has 0 aromatic heterocycles. The maximum atomic E-state index is 7.54. The van der Waals surface area contributed by atoms with Crippen LogP contribution >= 0.6 is 0 Å². The standard InChI is InChI=1S/2CH5N.Cu.2N3/c2*1-2;;2*1-3-2/h2*2H2,1H3;;;/q;;+2;2*-1. The van der Waals surface area contributed by atoms with E-state index in [1.165, 1.54) is 14.1 Å². The zero-order chi connectivity index (χ0) is 9.54. The molecule has 9 heteroatoms.